The Morgan fingerprint density at radius 1 is 1.07 bits per heavy atom. The predicted octanol–water partition coefficient (Wildman–Crippen LogP) is 2.31. The van der Waals surface area contributed by atoms with Gasteiger partial charge in [0.1, 0.15) is 12.1 Å². The molecule has 0 unspecified atom stereocenters. The van der Waals surface area contributed by atoms with Gasteiger partial charge < -0.3 is 10.1 Å². The monoisotopic (exact) mass is 392 g/mol. The van der Waals surface area contributed by atoms with Crippen LogP contribution in [0.3, 0.4) is 0 Å². The van der Waals surface area contributed by atoms with E-state index in [1.807, 2.05) is 30.3 Å². The van der Waals surface area contributed by atoms with Gasteiger partial charge in [-0.25, -0.2) is 4.79 Å². The van der Waals surface area contributed by atoms with Crippen LogP contribution in [0.1, 0.15) is 35.3 Å². The number of ether oxygens (including phenoxy) is 1. The van der Waals surface area contributed by atoms with Gasteiger partial charge in [-0.1, -0.05) is 36.4 Å². The van der Waals surface area contributed by atoms with Crippen molar-refractivity contribution in [1.29, 1.82) is 0 Å². The Morgan fingerprint density at radius 2 is 1.79 bits per heavy atom. The lowest BCUT2D eigenvalue weighted by molar-refractivity contribution is -0.146. The summed E-state index contributed by atoms with van der Waals surface area (Å²) in [6.45, 7) is 2.12. The van der Waals surface area contributed by atoms with Gasteiger partial charge in [0.15, 0.2) is 12.4 Å². The van der Waals surface area contributed by atoms with Crippen LogP contribution in [0.5, 0.6) is 0 Å². The molecular formula is C22H20N2O5. The Labute approximate surface area is 167 Å². The first-order valence-electron chi connectivity index (χ1n) is 9.30. The number of carbonyl (C=O) groups is 4. The number of carbonyl (C=O) groups excluding carboxylic acids is 4. The highest BCUT2D eigenvalue weighted by atomic mass is 16.5. The van der Waals surface area contributed by atoms with Gasteiger partial charge in [0, 0.05) is 5.56 Å². The van der Waals surface area contributed by atoms with E-state index in [-0.39, 0.29) is 5.78 Å². The molecule has 0 spiro atoms. The van der Waals surface area contributed by atoms with Crippen LogP contribution < -0.4 is 5.32 Å². The molecule has 0 radical (unpaired) electrons. The van der Waals surface area contributed by atoms with Gasteiger partial charge in [0.05, 0.1) is 0 Å². The van der Waals surface area contributed by atoms with Crippen LogP contribution in [0, 0.1) is 0 Å². The van der Waals surface area contributed by atoms with E-state index in [4.69, 9.17) is 4.74 Å². The fourth-order valence-electron chi connectivity index (χ4n) is 3.66. The number of amides is 3. The number of urea groups is 1. The summed E-state index contributed by atoms with van der Waals surface area (Å²) in [5, 5.41) is 2.48. The molecule has 7 nitrogen and oxygen atoms in total. The van der Waals surface area contributed by atoms with Crippen molar-refractivity contribution in [3.8, 4) is 11.1 Å². The van der Waals surface area contributed by atoms with Crippen molar-refractivity contribution < 1.29 is 23.9 Å². The molecule has 1 heterocycles. The van der Waals surface area contributed by atoms with Crippen molar-refractivity contribution in [2.75, 3.05) is 13.2 Å². The molecule has 7 heteroatoms. The van der Waals surface area contributed by atoms with Crippen molar-refractivity contribution in [3.05, 3.63) is 59.2 Å². The van der Waals surface area contributed by atoms with Crippen LogP contribution in [0.4, 0.5) is 4.79 Å². The third-order valence-corrected chi connectivity index (χ3v) is 5.22. The summed E-state index contributed by atoms with van der Waals surface area (Å²) in [6, 6.07) is 12.8. The molecule has 0 aromatic heterocycles. The Hall–Kier alpha value is -3.48. The molecule has 2 aromatic carbocycles. The molecule has 1 aliphatic carbocycles. The summed E-state index contributed by atoms with van der Waals surface area (Å²) in [7, 11) is 0. The number of imide groups is 1. The maximum Gasteiger partial charge on any atom is 0.326 e. The summed E-state index contributed by atoms with van der Waals surface area (Å²) >= 11 is 0. The van der Waals surface area contributed by atoms with Crippen LogP contribution in [-0.4, -0.2) is 47.3 Å². The summed E-state index contributed by atoms with van der Waals surface area (Å²) < 4.78 is 5.01. The van der Waals surface area contributed by atoms with Crippen LogP contribution >= 0.6 is 0 Å². The minimum absolute atomic E-state index is 0.344. The average Bonchev–Trinajstić information content (AvgIpc) is 3.15. The lowest BCUT2D eigenvalue weighted by Crippen LogP contribution is -2.41. The number of nitrogens with zero attached hydrogens (tertiary/aromatic N) is 1. The Morgan fingerprint density at radius 3 is 2.52 bits per heavy atom. The molecule has 1 N–H and O–H groups in total. The topological polar surface area (TPSA) is 92.8 Å². The zero-order valence-electron chi connectivity index (χ0n) is 16.2. The molecule has 0 saturated carbocycles. The van der Waals surface area contributed by atoms with E-state index >= 15 is 0 Å². The summed E-state index contributed by atoms with van der Waals surface area (Å²) in [5.41, 5.74) is 3.88. The molecule has 1 fully saturated rings. The first-order chi connectivity index (χ1) is 13.8. The van der Waals surface area contributed by atoms with Gasteiger partial charge in [0.25, 0.3) is 5.91 Å². The Balaban J connectivity index is 1.39. The zero-order valence-corrected chi connectivity index (χ0v) is 16.2. The highest BCUT2D eigenvalue weighted by molar-refractivity contribution is 6.08. The second kappa shape index (κ2) is 6.84. The third-order valence-electron chi connectivity index (χ3n) is 5.22. The fraction of sp³-hybridized carbons (Fsp3) is 0.273. The number of hydrogen-bond acceptors (Lipinski definition) is 5. The predicted molar refractivity (Wildman–Crippen MR) is 104 cm³/mol. The summed E-state index contributed by atoms with van der Waals surface area (Å²) in [6.07, 6.45) is 0.831. The summed E-state index contributed by atoms with van der Waals surface area (Å²) in [4.78, 5) is 49.3. The van der Waals surface area contributed by atoms with E-state index in [9.17, 15) is 19.2 Å². The van der Waals surface area contributed by atoms with Crippen LogP contribution in [0.15, 0.2) is 42.5 Å². The SMILES string of the molecule is CC1(C)NC(=O)N(CC(=O)OCC(=O)c2ccc3c(c2)-c2ccccc2C3)C1=O. The van der Waals surface area contributed by atoms with Crippen molar-refractivity contribution in [2.45, 2.75) is 25.8 Å². The number of benzene rings is 2. The summed E-state index contributed by atoms with van der Waals surface area (Å²) in [5.74, 6) is -1.67. The van der Waals surface area contributed by atoms with E-state index < -0.39 is 36.6 Å². The van der Waals surface area contributed by atoms with E-state index in [2.05, 4.69) is 11.4 Å². The minimum atomic E-state index is -1.06. The number of rotatable bonds is 5. The number of fused-ring (bicyclic) bond motifs is 3. The lowest BCUT2D eigenvalue weighted by Gasteiger charge is -2.15. The maximum atomic E-state index is 12.5. The number of nitrogens with one attached hydrogen (secondary N) is 1. The first-order valence-corrected chi connectivity index (χ1v) is 9.30. The number of esters is 1. The highest BCUT2D eigenvalue weighted by Crippen LogP contribution is 2.36. The van der Waals surface area contributed by atoms with E-state index in [1.165, 1.54) is 5.56 Å². The molecule has 0 bridgehead atoms. The van der Waals surface area contributed by atoms with Crippen LogP contribution in [0.25, 0.3) is 11.1 Å². The quantitative estimate of drug-likeness (QED) is 0.409. The van der Waals surface area contributed by atoms with Gasteiger partial charge in [-0.3, -0.25) is 19.3 Å². The molecule has 2 aromatic rings. The number of Topliss-reactive ketones (excluding diaryl/α,β-unsaturated/α-hetero) is 1. The molecule has 0 atom stereocenters. The second-order valence-electron chi connectivity index (χ2n) is 7.74. The van der Waals surface area contributed by atoms with Gasteiger partial charge in [-0.15, -0.1) is 0 Å². The van der Waals surface area contributed by atoms with Gasteiger partial charge in [-0.05, 0) is 48.6 Å². The Kier molecular flexibility index (Phi) is 4.45. The molecule has 1 saturated heterocycles. The maximum absolute atomic E-state index is 12.5. The van der Waals surface area contributed by atoms with Gasteiger partial charge >= 0.3 is 12.0 Å². The van der Waals surface area contributed by atoms with E-state index in [0.29, 0.717) is 5.56 Å². The van der Waals surface area contributed by atoms with Crippen molar-refractivity contribution in [2.24, 2.45) is 0 Å². The second-order valence-corrected chi connectivity index (χ2v) is 7.74. The normalized spacial score (nSPS) is 16.3. The van der Waals surface area contributed by atoms with Gasteiger partial charge in [0.2, 0.25) is 0 Å². The molecule has 148 valence electrons. The van der Waals surface area contributed by atoms with Gasteiger partial charge in [-0.2, -0.15) is 0 Å². The molecule has 29 heavy (non-hydrogen) atoms. The smallest absolute Gasteiger partial charge is 0.326 e. The van der Waals surface area contributed by atoms with Crippen molar-refractivity contribution >= 4 is 23.7 Å². The van der Waals surface area contributed by atoms with E-state index in [1.54, 1.807) is 19.9 Å². The largest absolute Gasteiger partial charge is 0.456 e. The molecule has 3 amide bonds. The van der Waals surface area contributed by atoms with Crippen LogP contribution in [0.2, 0.25) is 0 Å². The lowest BCUT2D eigenvalue weighted by atomic mass is 10.0. The standard InChI is InChI=1S/C22H20N2O5/c1-22(2)20(27)24(21(28)23-22)11-19(26)29-12-18(25)15-8-7-14-9-13-5-3-4-6-16(13)17(14)10-15/h3-8,10H,9,11-12H2,1-2H3,(H,23,28). The molecule has 2 aliphatic rings. The van der Waals surface area contributed by atoms with E-state index in [0.717, 1.165) is 28.0 Å². The Bertz CT molecular complexity index is 1060. The molecule has 4 rings (SSSR count). The third kappa shape index (κ3) is 3.40. The van der Waals surface area contributed by atoms with Crippen LogP contribution in [-0.2, 0) is 20.7 Å². The van der Waals surface area contributed by atoms with Crippen molar-refractivity contribution in [1.82, 2.24) is 10.2 Å². The van der Waals surface area contributed by atoms with Crippen molar-refractivity contribution in [3.63, 3.8) is 0 Å². The highest BCUT2D eigenvalue weighted by Gasteiger charge is 2.45. The molecular weight excluding hydrogens is 372 g/mol. The zero-order chi connectivity index (χ0) is 20.8. The average molecular weight is 392 g/mol. The number of ketones is 1. The fourth-order valence-corrected chi connectivity index (χ4v) is 3.66. The molecule has 1 aliphatic heterocycles. The first kappa shape index (κ1) is 18.9. The minimum Gasteiger partial charge on any atom is -0.456 e. The number of hydrogen-bond donors (Lipinski definition) is 1.